The van der Waals surface area contributed by atoms with E-state index in [0.717, 1.165) is 6.54 Å². The third-order valence-corrected chi connectivity index (χ3v) is 3.11. The number of carboxylic acid groups (broad SMARTS) is 2. The summed E-state index contributed by atoms with van der Waals surface area (Å²) < 4.78 is 0. The van der Waals surface area contributed by atoms with E-state index in [0.29, 0.717) is 0 Å². The molecule has 0 atom stereocenters. The monoisotopic (exact) mass is 301 g/mol. The summed E-state index contributed by atoms with van der Waals surface area (Å²) in [6, 6.07) is 16.8. The van der Waals surface area contributed by atoms with Gasteiger partial charge in [-0.2, -0.15) is 0 Å². The quantitative estimate of drug-likeness (QED) is 0.758. The first-order valence-corrected chi connectivity index (χ1v) is 6.72. The fourth-order valence-corrected chi connectivity index (χ4v) is 1.74. The second-order valence-corrected chi connectivity index (χ2v) is 4.70. The molecular weight excluding hydrogens is 282 g/mol. The second kappa shape index (κ2) is 8.46. The van der Waals surface area contributed by atoms with Crippen molar-refractivity contribution in [1.82, 2.24) is 0 Å². The minimum Gasteiger partial charge on any atom is -0.473 e. The zero-order valence-electron chi connectivity index (χ0n) is 12.5. The first-order valence-electron chi connectivity index (χ1n) is 6.72. The number of carbonyl (C=O) groups is 2. The molecule has 3 N–H and O–H groups in total. The number of benzene rings is 2. The Morgan fingerprint density at radius 3 is 2.05 bits per heavy atom. The summed E-state index contributed by atoms with van der Waals surface area (Å²) in [6.07, 6.45) is 0. The number of hydrogen-bond acceptors (Lipinski definition) is 3. The lowest BCUT2D eigenvalue weighted by Crippen LogP contribution is -2.09. The van der Waals surface area contributed by atoms with Crippen LogP contribution >= 0.6 is 0 Å². The first-order chi connectivity index (χ1) is 10.4. The molecular formula is C17H19NO4. The third-order valence-electron chi connectivity index (χ3n) is 3.11. The molecule has 2 aromatic rings. The van der Waals surface area contributed by atoms with Crippen molar-refractivity contribution in [2.24, 2.45) is 0 Å². The number of carboxylic acids is 2. The zero-order chi connectivity index (χ0) is 16.5. The van der Waals surface area contributed by atoms with Crippen molar-refractivity contribution in [1.29, 1.82) is 0 Å². The minimum absolute atomic E-state index is 0.880. The van der Waals surface area contributed by atoms with Crippen LogP contribution in [0.5, 0.6) is 0 Å². The van der Waals surface area contributed by atoms with Gasteiger partial charge < -0.3 is 15.5 Å². The lowest BCUT2D eigenvalue weighted by molar-refractivity contribution is -0.159. The van der Waals surface area contributed by atoms with Gasteiger partial charge in [-0.1, -0.05) is 42.5 Å². The molecule has 0 saturated carbocycles. The average molecular weight is 301 g/mol. The third kappa shape index (κ3) is 5.66. The molecule has 0 saturated heterocycles. The Labute approximate surface area is 129 Å². The van der Waals surface area contributed by atoms with Crippen LogP contribution in [-0.4, -0.2) is 22.2 Å². The maximum atomic E-state index is 9.10. The van der Waals surface area contributed by atoms with E-state index in [1.165, 1.54) is 22.4 Å². The Kier molecular flexibility index (Phi) is 6.63. The average Bonchev–Trinajstić information content (AvgIpc) is 2.50. The maximum absolute atomic E-state index is 9.10. The number of anilines is 1. The molecule has 0 aliphatic heterocycles. The van der Waals surface area contributed by atoms with Gasteiger partial charge >= 0.3 is 11.9 Å². The number of aliphatic carboxylic acids is 2. The molecule has 2 rings (SSSR count). The summed E-state index contributed by atoms with van der Waals surface area (Å²) in [5, 5.41) is 18.3. The van der Waals surface area contributed by atoms with Crippen molar-refractivity contribution in [2.75, 3.05) is 5.32 Å². The Hall–Kier alpha value is -2.82. The van der Waals surface area contributed by atoms with Crippen molar-refractivity contribution < 1.29 is 19.8 Å². The molecule has 116 valence electrons. The van der Waals surface area contributed by atoms with Crippen LogP contribution in [0.15, 0.2) is 48.5 Å². The molecule has 22 heavy (non-hydrogen) atoms. The van der Waals surface area contributed by atoms with Crippen LogP contribution in [0.25, 0.3) is 0 Å². The normalized spacial score (nSPS) is 9.36. The topological polar surface area (TPSA) is 86.6 Å². The molecule has 5 heteroatoms. The molecule has 5 nitrogen and oxygen atoms in total. The van der Waals surface area contributed by atoms with Crippen LogP contribution in [0.1, 0.15) is 16.7 Å². The van der Waals surface area contributed by atoms with Crippen molar-refractivity contribution in [3.05, 3.63) is 65.2 Å². The molecule has 2 aromatic carbocycles. The number of hydrogen-bond donors (Lipinski definition) is 3. The lowest BCUT2D eigenvalue weighted by atomic mass is 10.1. The standard InChI is InChI=1S/C15H17N.C2H2O4/c1-12-7-6-10-15(13(12)2)16-11-14-8-4-3-5-9-14;3-1(4)2(5)6/h3-10,16H,11H2,1-2H3;(H,3,4)(H,5,6). The Bertz CT molecular complexity index is 626. The highest BCUT2D eigenvalue weighted by Gasteiger charge is 2.04. The molecule has 0 bridgehead atoms. The SMILES string of the molecule is Cc1cccc(NCc2ccccc2)c1C.O=C(O)C(=O)O. The van der Waals surface area contributed by atoms with Gasteiger partial charge in [0.2, 0.25) is 0 Å². The van der Waals surface area contributed by atoms with Crippen LogP contribution < -0.4 is 5.32 Å². The van der Waals surface area contributed by atoms with Gasteiger partial charge in [0.05, 0.1) is 0 Å². The molecule has 0 aliphatic rings. The summed E-state index contributed by atoms with van der Waals surface area (Å²) in [5.41, 5.74) is 5.20. The Morgan fingerprint density at radius 1 is 0.909 bits per heavy atom. The smallest absolute Gasteiger partial charge is 0.414 e. The molecule has 0 spiro atoms. The van der Waals surface area contributed by atoms with Crippen LogP contribution in [0, 0.1) is 13.8 Å². The maximum Gasteiger partial charge on any atom is 0.414 e. The highest BCUT2D eigenvalue weighted by molar-refractivity contribution is 6.27. The van der Waals surface area contributed by atoms with Gasteiger partial charge in [-0.05, 0) is 36.6 Å². The van der Waals surface area contributed by atoms with E-state index in [4.69, 9.17) is 19.8 Å². The zero-order valence-corrected chi connectivity index (χ0v) is 12.5. The van der Waals surface area contributed by atoms with E-state index in [2.05, 4.69) is 61.6 Å². The molecule has 0 fully saturated rings. The Morgan fingerprint density at radius 2 is 1.50 bits per heavy atom. The highest BCUT2D eigenvalue weighted by atomic mass is 16.4. The van der Waals surface area contributed by atoms with E-state index in [1.54, 1.807) is 0 Å². The molecule has 0 aromatic heterocycles. The summed E-state index contributed by atoms with van der Waals surface area (Å²) in [4.78, 5) is 18.2. The second-order valence-electron chi connectivity index (χ2n) is 4.70. The number of nitrogens with one attached hydrogen (secondary N) is 1. The van der Waals surface area contributed by atoms with Gasteiger partial charge in [0.1, 0.15) is 0 Å². The molecule has 0 radical (unpaired) electrons. The molecule has 0 unspecified atom stereocenters. The van der Waals surface area contributed by atoms with E-state index < -0.39 is 11.9 Å². The van der Waals surface area contributed by atoms with Gasteiger partial charge in [-0.25, -0.2) is 9.59 Å². The summed E-state index contributed by atoms with van der Waals surface area (Å²) in [5.74, 6) is -3.65. The summed E-state index contributed by atoms with van der Waals surface area (Å²) >= 11 is 0. The van der Waals surface area contributed by atoms with E-state index in [-0.39, 0.29) is 0 Å². The minimum atomic E-state index is -1.82. The lowest BCUT2D eigenvalue weighted by Gasteiger charge is -2.11. The fraction of sp³-hybridized carbons (Fsp3) is 0.176. The van der Waals surface area contributed by atoms with Gasteiger partial charge in [0, 0.05) is 12.2 Å². The predicted molar refractivity (Wildman–Crippen MR) is 85.0 cm³/mol. The summed E-state index contributed by atoms with van der Waals surface area (Å²) in [6.45, 7) is 5.18. The largest absolute Gasteiger partial charge is 0.473 e. The Balaban J connectivity index is 0.000000346. The van der Waals surface area contributed by atoms with E-state index in [9.17, 15) is 0 Å². The number of aryl methyl sites for hydroxylation is 1. The van der Waals surface area contributed by atoms with Crippen molar-refractivity contribution in [3.8, 4) is 0 Å². The number of rotatable bonds is 3. The van der Waals surface area contributed by atoms with Crippen molar-refractivity contribution in [3.63, 3.8) is 0 Å². The fourth-order valence-electron chi connectivity index (χ4n) is 1.74. The predicted octanol–water partition coefficient (Wildman–Crippen LogP) is 3.07. The van der Waals surface area contributed by atoms with Gasteiger partial charge in [0.25, 0.3) is 0 Å². The van der Waals surface area contributed by atoms with Crippen LogP contribution in [0.4, 0.5) is 5.69 Å². The summed E-state index contributed by atoms with van der Waals surface area (Å²) in [7, 11) is 0. The molecule has 0 amide bonds. The van der Waals surface area contributed by atoms with Gasteiger partial charge in [0.15, 0.2) is 0 Å². The highest BCUT2D eigenvalue weighted by Crippen LogP contribution is 2.18. The van der Waals surface area contributed by atoms with Crippen molar-refractivity contribution in [2.45, 2.75) is 20.4 Å². The van der Waals surface area contributed by atoms with Crippen LogP contribution in [0.2, 0.25) is 0 Å². The molecule has 0 heterocycles. The van der Waals surface area contributed by atoms with E-state index >= 15 is 0 Å². The van der Waals surface area contributed by atoms with Crippen LogP contribution in [-0.2, 0) is 16.1 Å². The van der Waals surface area contributed by atoms with Gasteiger partial charge in [-0.15, -0.1) is 0 Å². The van der Waals surface area contributed by atoms with Gasteiger partial charge in [-0.3, -0.25) is 0 Å². The molecule has 0 aliphatic carbocycles. The first kappa shape index (κ1) is 17.2. The van der Waals surface area contributed by atoms with E-state index in [1.807, 2.05) is 6.07 Å². The van der Waals surface area contributed by atoms with Crippen LogP contribution in [0.3, 0.4) is 0 Å². The van der Waals surface area contributed by atoms with Crippen molar-refractivity contribution >= 4 is 17.6 Å².